The van der Waals surface area contributed by atoms with Crippen molar-refractivity contribution in [2.75, 3.05) is 0 Å². The second kappa shape index (κ2) is 8.34. The maximum atomic E-state index is 12.4. The smallest absolute Gasteiger partial charge is 0.329 e. The lowest BCUT2D eigenvalue weighted by atomic mass is 10.0. The van der Waals surface area contributed by atoms with Crippen LogP contribution in [-0.2, 0) is 14.3 Å². The van der Waals surface area contributed by atoms with Gasteiger partial charge in [0.05, 0.1) is 10.6 Å². The SMILES string of the molecule is CC(C)[C@H](NC(=O)c1ccccc1Cl)C(=O)O[C@H](C)C(=O)NC1CC1. The highest BCUT2D eigenvalue weighted by Gasteiger charge is 2.31. The lowest BCUT2D eigenvalue weighted by Crippen LogP contribution is -2.48. The van der Waals surface area contributed by atoms with Crippen molar-refractivity contribution in [2.24, 2.45) is 5.92 Å². The van der Waals surface area contributed by atoms with E-state index in [0.29, 0.717) is 5.02 Å². The molecular formula is C18H23ClN2O4. The first kappa shape index (κ1) is 19.2. The van der Waals surface area contributed by atoms with Gasteiger partial charge in [-0.15, -0.1) is 0 Å². The predicted octanol–water partition coefficient (Wildman–Crippen LogP) is 2.30. The summed E-state index contributed by atoms with van der Waals surface area (Å²) in [6.45, 7) is 5.09. The Morgan fingerprint density at radius 3 is 2.36 bits per heavy atom. The molecule has 1 fully saturated rings. The van der Waals surface area contributed by atoms with E-state index in [-0.39, 0.29) is 23.4 Å². The Labute approximate surface area is 152 Å². The molecule has 0 unspecified atom stereocenters. The van der Waals surface area contributed by atoms with E-state index in [9.17, 15) is 14.4 Å². The van der Waals surface area contributed by atoms with Crippen molar-refractivity contribution >= 4 is 29.4 Å². The molecule has 2 N–H and O–H groups in total. The number of carbonyl (C=O) groups is 3. The molecule has 25 heavy (non-hydrogen) atoms. The van der Waals surface area contributed by atoms with E-state index in [0.717, 1.165) is 12.8 Å². The third-order valence-electron chi connectivity index (χ3n) is 3.91. The molecule has 1 aromatic rings. The van der Waals surface area contributed by atoms with Crippen LogP contribution in [0.3, 0.4) is 0 Å². The minimum absolute atomic E-state index is 0.189. The van der Waals surface area contributed by atoms with Crippen LogP contribution in [0.5, 0.6) is 0 Å². The predicted molar refractivity (Wildman–Crippen MR) is 94.3 cm³/mol. The van der Waals surface area contributed by atoms with Crippen molar-refractivity contribution < 1.29 is 19.1 Å². The van der Waals surface area contributed by atoms with Crippen molar-refractivity contribution in [3.63, 3.8) is 0 Å². The molecule has 7 heteroatoms. The first-order chi connectivity index (χ1) is 11.8. The molecule has 1 aliphatic rings. The summed E-state index contributed by atoms with van der Waals surface area (Å²) in [4.78, 5) is 36.7. The van der Waals surface area contributed by atoms with Crippen molar-refractivity contribution in [3.05, 3.63) is 34.9 Å². The first-order valence-electron chi connectivity index (χ1n) is 8.36. The molecule has 0 spiro atoms. The number of ether oxygens (including phenoxy) is 1. The Morgan fingerprint density at radius 1 is 1.16 bits per heavy atom. The van der Waals surface area contributed by atoms with Crippen molar-refractivity contribution in [1.82, 2.24) is 10.6 Å². The van der Waals surface area contributed by atoms with Gasteiger partial charge < -0.3 is 15.4 Å². The average molecular weight is 367 g/mol. The summed E-state index contributed by atoms with van der Waals surface area (Å²) < 4.78 is 5.23. The van der Waals surface area contributed by atoms with E-state index in [1.54, 1.807) is 38.1 Å². The minimum Gasteiger partial charge on any atom is -0.451 e. The fourth-order valence-corrected chi connectivity index (χ4v) is 2.43. The Balaban J connectivity index is 1.98. The van der Waals surface area contributed by atoms with E-state index in [2.05, 4.69) is 10.6 Å². The van der Waals surface area contributed by atoms with Gasteiger partial charge in [0.2, 0.25) is 0 Å². The van der Waals surface area contributed by atoms with Crippen molar-refractivity contribution in [3.8, 4) is 0 Å². The Morgan fingerprint density at radius 2 is 1.80 bits per heavy atom. The van der Waals surface area contributed by atoms with Gasteiger partial charge in [0.15, 0.2) is 6.10 Å². The highest BCUT2D eigenvalue weighted by molar-refractivity contribution is 6.33. The second-order valence-corrected chi connectivity index (χ2v) is 6.94. The molecular weight excluding hydrogens is 344 g/mol. The molecule has 2 amide bonds. The Hall–Kier alpha value is -2.08. The summed E-state index contributed by atoms with van der Waals surface area (Å²) in [5, 5.41) is 5.72. The zero-order valence-electron chi connectivity index (χ0n) is 14.5. The number of benzene rings is 1. The van der Waals surface area contributed by atoms with E-state index in [1.807, 2.05) is 0 Å². The standard InChI is InChI=1S/C18H23ClN2O4/c1-10(2)15(21-17(23)13-6-4-5-7-14(13)19)18(24)25-11(3)16(22)20-12-8-9-12/h4-7,10-12,15H,8-9H2,1-3H3,(H,20,22)(H,21,23)/t11-,15+/m1/s1. The van der Waals surface area contributed by atoms with Crippen molar-refractivity contribution in [2.45, 2.75) is 51.8 Å². The molecule has 2 rings (SSSR count). The number of rotatable bonds is 7. The van der Waals surface area contributed by atoms with Crippen LogP contribution in [0.1, 0.15) is 44.0 Å². The summed E-state index contributed by atoms with van der Waals surface area (Å²) in [7, 11) is 0. The maximum Gasteiger partial charge on any atom is 0.329 e. The van der Waals surface area contributed by atoms with Gasteiger partial charge in [-0.1, -0.05) is 37.6 Å². The molecule has 1 aromatic carbocycles. The summed E-state index contributed by atoms with van der Waals surface area (Å²) in [5.41, 5.74) is 0.280. The highest BCUT2D eigenvalue weighted by Crippen LogP contribution is 2.19. The molecule has 0 saturated heterocycles. The third kappa shape index (κ3) is 5.46. The van der Waals surface area contributed by atoms with Gasteiger partial charge in [0, 0.05) is 6.04 Å². The largest absolute Gasteiger partial charge is 0.451 e. The summed E-state index contributed by atoms with van der Waals surface area (Å²) in [6, 6.07) is 5.89. The lowest BCUT2D eigenvalue weighted by Gasteiger charge is -2.23. The average Bonchev–Trinajstić information content (AvgIpc) is 3.36. The van der Waals surface area contributed by atoms with E-state index in [1.165, 1.54) is 6.92 Å². The maximum absolute atomic E-state index is 12.4. The van der Waals surface area contributed by atoms with Crippen LogP contribution in [0.2, 0.25) is 5.02 Å². The van der Waals surface area contributed by atoms with E-state index < -0.39 is 24.0 Å². The van der Waals surface area contributed by atoms with Crippen LogP contribution in [0.4, 0.5) is 0 Å². The molecule has 0 bridgehead atoms. The van der Waals surface area contributed by atoms with Crippen LogP contribution in [0, 0.1) is 5.92 Å². The summed E-state index contributed by atoms with van der Waals surface area (Å²) >= 11 is 6.01. The number of amides is 2. The molecule has 0 radical (unpaired) electrons. The van der Waals surface area contributed by atoms with E-state index in [4.69, 9.17) is 16.3 Å². The molecule has 0 aliphatic heterocycles. The number of nitrogens with one attached hydrogen (secondary N) is 2. The minimum atomic E-state index is -0.911. The summed E-state index contributed by atoms with van der Waals surface area (Å²) in [6.07, 6.45) is 0.996. The van der Waals surface area contributed by atoms with Crippen LogP contribution in [0.25, 0.3) is 0 Å². The zero-order valence-corrected chi connectivity index (χ0v) is 15.3. The quantitative estimate of drug-likeness (QED) is 0.725. The van der Waals surface area contributed by atoms with Crippen LogP contribution in [0.15, 0.2) is 24.3 Å². The topological polar surface area (TPSA) is 84.5 Å². The second-order valence-electron chi connectivity index (χ2n) is 6.54. The molecule has 6 nitrogen and oxygen atoms in total. The van der Waals surface area contributed by atoms with Gasteiger partial charge in [-0.25, -0.2) is 4.79 Å². The zero-order chi connectivity index (χ0) is 18.6. The molecule has 0 heterocycles. The number of halogens is 1. The normalized spacial score (nSPS) is 16.0. The fourth-order valence-electron chi connectivity index (χ4n) is 2.21. The van der Waals surface area contributed by atoms with E-state index >= 15 is 0 Å². The summed E-state index contributed by atoms with van der Waals surface area (Å²) in [5.74, 6) is -1.64. The molecule has 2 atom stereocenters. The van der Waals surface area contributed by atoms with Gasteiger partial charge in [-0.2, -0.15) is 0 Å². The molecule has 1 aliphatic carbocycles. The number of hydrogen-bond acceptors (Lipinski definition) is 4. The lowest BCUT2D eigenvalue weighted by molar-refractivity contribution is -0.157. The Kier molecular flexibility index (Phi) is 6.42. The number of esters is 1. The third-order valence-corrected chi connectivity index (χ3v) is 4.24. The highest BCUT2D eigenvalue weighted by atomic mass is 35.5. The van der Waals surface area contributed by atoms with Gasteiger partial charge in [-0.3, -0.25) is 9.59 Å². The van der Waals surface area contributed by atoms with Gasteiger partial charge in [0.1, 0.15) is 6.04 Å². The number of hydrogen-bond donors (Lipinski definition) is 2. The van der Waals surface area contributed by atoms with Gasteiger partial charge in [0.25, 0.3) is 11.8 Å². The monoisotopic (exact) mass is 366 g/mol. The van der Waals surface area contributed by atoms with Crippen LogP contribution >= 0.6 is 11.6 Å². The Bertz CT molecular complexity index is 658. The molecule has 136 valence electrons. The van der Waals surface area contributed by atoms with Gasteiger partial charge >= 0.3 is 5.97 Å². The van der Waals surface area contributed by atoms with Crippen molar-refractivity contribution in [1.29, 1.82) is 0 Å². The number of carbonyl (C=O) groups excluding carboxylic acids is 3. The molecule has 0 aromatic heterocycles. The van der Waals surface area contributed by atoms with Crippen LogP contribution in [-0.4, -0.2) is 36.0 Å². The first-order valence-corrected chi connectivity index (χ1v) is 8.73. The van der Waals surface area contributed by atoms with Gasteiger partial charge in [-0.05, 0) is 37.8 Å². The van der Waals surface area contributed by atoms with Crippen LogP contribution < -0.4 is 10.6 Å². The molecule has 1 saturated carbocycles. The fraction of sp³-hybridized carbons (Fsp3) is 0.500.